The maximum Gasteiger partial charge on any atom is 0.336 e. The largest absolute Gasteiger partial charge is 0.423 e. The van der Waals surface area contributed by atoms with Crippen molar-refractivity contribution in [2.75, 3.05) is 5.32 Å². The van der Waals surface area contributed by atoms with Gasteiger partial charge in [-0.3, -0.25) is 4.79 Å². The third-order valence-electron chi connectivity index (χ3n) is 5.13. The Hall–Kier alpha value is -2.10. The van der Waals surface area contributed by atoms with E-state index < -0.39 is 0 Å². The van der Waals surface area contributed by atoms with Gasteiger partial charge in [0.15, 0.2) is 0 Å². The Morgan fingerprint density at radius 3 is 2.68 bits per heavy atom. The number of nitrogens with one attached hydrogen (secondary N) is 1. The Labute approximate surface area is 129 Å². The topological polar surface area (TPSA) is 59.3 Å². The van der Waals surface area contributed by atoms with Gasteiger partial charge in [-0.25, -0.2) is 4.79 Å². The highest BCUT2D eigenvalue weighted by Gasteiger charge is 2.55. The fourth-order valence-electron chi connectivity index (χ4n) is 3.38. The van der Waals surface area contributed by atoms with E-state index in [1.807, 2.05) is 19.1 Å². The van der Waals surface area contributed by atoms with Gasteiger partial charge in [0.1, 0.15) is 5.58 Å². The maximum absolute atomic E-state index is 12.4. The van der Waals surface area contributed by atoms with E-state index in [1.54, 1.807) is 6.07 Å². The van der Waals surface area contributed by atoms with Crippen molar-refractivity contribution >= 4 is 22.6 Å². The van der Waals surface area contributed by atoms with Crippen molar-refractivity contribution in [3.8, 4) is 0 Å². The van der Waals surface area contributed by atoms with E-state index in [4.69, 9.17) is 4.42 Å². The lowest BCUT2D eigenvalue weighted by Crippen LogP contribution is -2.18. The van der Waals surface area contributed by atoms with Crippen LogP contribution in [-0.2, 0) is 4.79 Å². The first-order valence-corrected chi connectivity index (χ1v) is 7.84. The van der Waals surface area contributed by atoms with Crippen LogP contribution in [0.25, 0.3) is 11.0 Å². The normalized spacial score (nSPS) is 19.1. The Bertz CT molecular complexity index is 787. The SMILES string of the molecule is CCC1(CC)CC1C(=O)Nc1ccc2c(C)cc(=O)oc2c1. The van der Waals surface area contributed by atoms with Gasteiger partial charge in [0.05, 0.1) is 0 Å². The number of amides is 1. The van der Waals surface area contributed by atoms with Crippen LogP contribution in [0, 0.1) is 18.3 Å². The minimum atomic E-state index is -0.369. The van der Waals surface area contributed by atoms with Crippen molar-refractivity contribution in [1.29, 1.82) is 0 Å². The summed E-state index contributed by atoms with van der Waals surface area (Å²) in [5.74, 6) is 0.167. The van der Waals surface area contributed by atoms with Crippen LogP contribution in [0.3, 0.4) is 0 Å². The van der Waals surface area contributed by atoms with Gasteiger partial charge in [-0.05, 0) is 49.3 Å². The van der Waals surface area contributed by atoms with Crippen LogP contribution >= 0.6 is 0 Å². The number of carbonyl (C=O) groups is 1. The summed E-state index contributed by atoms with van der Waals surface area (Å²) in [5, 5.41) is 3.85. The van der Waals surface area contributed by atoms with Gasteiger partial charge in [-0.15, -0.1) is 0 Å². The van der Waals surface area contributed by atoms with Crippen LogP contribution in [-0.4, -0.2) is 5.91 Å². The number of fused-ring (bicyclic) bond motifs is 1. The second kappa shape index (κ2) is 5.27. The van der Waals surface area contributed by atoms with E-state index >= 15 is 0 Å². The molecule has 1 aromatic heterocycles. The Balaban J connectivity index is 1.83. The van der Waals surface area contributed by atoms with Crippen molar-refractivity contribution in [1.82, 2.24) is 0 Å². The number of rotatable bonds is 4. The molecule has 1 saturated carbocycles. The summed E-state index contributed by atoms with van der Waals surface area (Å²) in [4.78, 5) is 23.8. The molecule has 1 aliphatic rings. The molecular weight excluding hydrogens is 278 g/mol. The standard InChI is InChI=1S/C18H21NO3/c1-4-18(5-2)10-14(18)17(21)19-12-6-7-13-11(3)8-16(20)22-15(13)9-12/h6-9,14H,4-5,10H2,1-3H3,(H,19,21). The monoisotopic (exact) mass is 299 g/mol. The molecule has 1 aliphatic carbocycles. The van der Waals surface area contributed by atoms with Gasteiger partial charge in [0, 0.05) is 29.1 Å². The van der Waals surface area contributed by atoms with Crippen LogP contribution in [0.5, 0.6) is 0 Å². The van der Waals surface area contributed by atoms with Crippen LogP contribution in [0.1, 0.15) is 38.7 Å². The van der Waals surface area contributed by atoms with Gasteiger partial charge < -0.3 is 9.73 Å². The fourth-order valence-corrected chi connectivity index (χ4v) is 3.38. The molecule has 4 heteroatoms. The van der Waals surface area contributed by atoms with Crippen molar-refractivity contribution in [2.24, 2.45) is 11.3 Å². The molecule has 0 saturated heterocycles. The van der Waals surface area contributed by atoms with Gasteiger partial charge in [-0.2, -0.15) is 0 Å². The second-order valence-electron chi connectivity index (χ2n) is 6.27. The average molecular weight is 299 g/mol. The summed E-state index contributed by atoms with van der Waals surface area (Å²) in [5.41, 5.74) is 1.88. The van der Waals surface area contributed by atoms with Crippen molar-refractivity contribution in [2.45, 2.75) is 40.0 Å². The number of hydrogen-bond acceptors (Lipinski definition) is 3. The van der Waals surface area contributed by atoms with Crippen molar-refractivity contribution < 1.29 is 9.21 Å². The molecule has 0 radical (unpaired) electrons. The van der Waals surface area contributed by atoms with E-state index in [0.29, 0.717) is 11.3 Å². The summed E-state index contributed by atoms with van der Waals surface area (Å²) >= 11 is 0. The lowest BCUT2D eigenvalue weighted by molar-refractivity contribution is -0.118. The molecule has 116 valence electrons. The minimum absolute atomic E-state index is 0.0676. The van der Waals surface area contributed by atoms with E-state index in [0.717, 1.165) is 30.2 Å². The van der Waals surface area contributed by atoms with Crippen molar-refractivity contribution in [3.05, 3.63) is 40.2 Å². The van der Waals surface area contributed by atoms with Crippen LogP contribution < -0.4 is 10.9 Å². The molecular formula is C18H21NO3. The molecule has 1 aromatic carbocycles. The fraction of sp³-hybridized carbons (Fsp3) is 0.444. The number of carbonyl (C=O) groups excluding carboxylic acids is 1. The summed E-state index contributed by atoms with van der Waals surface area (Å²) in [6, 6.07) is 6.93. The lowest BCUT2D eigenvalue weighted by Gasteiger charge is -2.12. The second-order valence-corrected chi connectivity index (χ2v) is 6.27. The third-order valence-corrected chi connectivity index (χ3v) is 5.13. The van der Waals surface area contributed by atoms with E-state index in [9.17, 15) is 9.59 Å². The molecule has 1 amide bonds. The van der Waals surface area contributed by atoms with Gasteiger partial charge in [-0.1, -0.05) is 13.8 Å². The average Bonchev–Trinajstić information content (AvgIpc) is 3.22. The summed E-state index contributed by atoms with van der Waals surface area (Å²) in [7, 11) is 0. The first kappa shape index (κ1) is 14.8. The zero-order valence-corrected chi connectivity index (χ0v) is 13.2. The molecule has 4 nitrogen and oxygen atoms in total. The molecule has 1 heterocycles. The van der Waals surface area contributed by atoms with E-state index in [2.05, 4.69) is 19.2 Å². The Morgan fingerprint density at radius 1 is 1.32 bits per heavy atom. The van der Waals surface area contributed by atoms with Crippen LogP contribution in [0.4, 0.5) is 5.69 Å². The molecule has 1 atom stereocenters. The first-order valence-electron chi connectivity index (χ1n) is 7.84. The predicted molar refractivity (Wildman–Crippen MR) is 87.0 cm³/mol. The van der Waals surface area contributed by atoms with Crippen LogP contribution in [0.2, 0.25) is 0 Å². The molecule has 1 N–H and O–H groups in total. The number of benzene rings is 1. The van der Waals surface area contributed by atoms with Crippen LogP contribution in [0.15, 0.2) is 33.5 Å². The number of anilines is 1. The molecule has 22 heavy (non-hydrogen) atoms. The highest BCUT2D eigenvalue weighted by Crippen LogP contribution is 2.57. The maximum atomic E-state index is 12.4. The third kappa shape index (κ3) is 2.43. The van der Waals surface area contributed by atoms with Gasteiger partial charge in [0.2, 0.25) is 5.91 Å². The predicted octanol–water partition coefficient (Wildman–Crippen LogP) is 3.87. The summed E-state index contributed by atoms with van der Waals surface area (Å²) in [6.45, 7) is 6.16. The minimum Gasteiger partial charge on any atom is -0.423 e. The molecule has 1 fully saturated rings. The zero-order chi connectivity index (χ0) is 15.9. The highest BCUT2D eigenvalue weighted by atomic mass is 16.4. The zero-order valence-electron chi connectivity index (χ0n) is 13.2. The first-order chi connectivity index (χ1) is 10.5. The lowest BCUT2D eigenvalue weighted by atomic mass is 9.97. The Kier molecular flexibility index (Phi) is 3.55. The van der Waals surface area contributed by atoms with E-state index in [-0.39, 0.29) is 22.9 Å². The Morgan fingerprint density at radius 2 is 2.05 bits per heavy atom. The highest BCUT2D eigenvalue weighted by molar-refractivity contribution is 5.96. The quantitative estimate of drug-likeness (QED) is 0.872. The van der Waals surface area contributed by atoms with E-state index in [1.165, 1.54) is 6.07 Å². The molecule has 0 spiro atoms. The summed E-state index contributed by atoms with van der Waals surface area (Å²) < 4.78 is 5.22. The number of aryl methyl sites for hydroxylation is 1. The van der Waals surface area contributed by atoms with Crippen molar-refractivity contribution in [3.63, 3.8) is 0 Å². The smallest absolute Gasteiger partial charge is 0.336 e. The molecule has 2 aromatic rings. The van der Waals surface area contributed by atoms with Gasteiger partial charge >= 0.3 is 5.63 Å². The molecule has 1 unspecified atom stereocenters. The molecule has 0 aliphatic heterocycles. The number of hydrogen-bond donors (Lipinski definition) is 1. The summed E-state index contributed by atoms with van der Waals surface area (Å²) in [6.07, 6.45) is 3.04. The van der Waals surface area contributed by atoms with Gasteiger partial charge in [0.25, 0.3) is 0 Å². The molecule has 0 bridgehead atoms. The molecule has 3 rings (SSSR count).